The second-order valence-electron chi connectivity index (χ2n) is 10.5. The Hall–Kier alpha value is -3.46. The lowest BCUT2D eigenvalue weighted by Gasteiger charge is -2.36. The number of aryl methyl sites for hydroxylation is 2. The van der Waals surface area contributed by atoms with Crippen molar-refractivity contribution in [1.82, 2.24) is 34.4 Å². The molecule has 5 rings (SSSR count). The van der Waals surface area contributed by atoms with Crippen molar-refractivity contribution >= 4 is 28.3 Å². The van der Waals surface area contributed by atoms with Gasteiger partial charge in [-0.3, -0.25) is 4.79 Å². The van der Waals surface area contributed by atoms with Gasteiger partial charge in [0.25, 0.3) is 0 Å². The maximum absolute atomic E-state index is 12.5. The number of aromatic nitrogens is 5. The molecule has 1 saturated heterocycles. The summed E-state index contributed by atoms with van der Waals surface area (Å²) in [5, 5.41) is 5.65. The summed E-state index contributed by atoms with van der Waals surface area (Å²) < 4.78 is 1.86. The fourth-order valence-corrected chi connectivity index (χ4v) is 5.47. The zero-order valence-corrected chi connectivity index (χ0v) is 22.4. The number of fused-ring (bicyclic) bond motifs is 2. The van der Waals surface area contributed by atoms with Crippen LogP contribution in [0, 0.1) is 20.8 Å². The summed E-state index contributed by atoms with van der Waals surface area (Å²) in [6.07, 6.45) is 5.65. The standard InChI is InChI=1S/C27H36N8O/c1-16(2)23-24-19(5)26(34-10-8-33(9-11-34)22(36)14-32(6)7)28-12-21(24)31-25(23)20-13-35-27(29-15-30-35)18(4)17(20)3/h12-13,15-16,31H,8-11,14H2,1-7H3. The number of rotatable bonds is 5. The Morgan fingerprint density at radius 3 is 2.44 bits per heavy atom. The van der Waals surface area contributed by atoms with Crippen LogP contribution in [-0.2, 0) is 4.79 Å². The molecule has 9 heteroatoms. The molecule has 1 fully saturated rings. The number of anilines is 1. The molecule has 190 valence electrons. The zero-order chi connectivity index (χ0) is 25.7. The van der Waals surface area contributed by atoms with Crippen LogP contribution in [0.2, 0.25) is 0 Å². The van der Waals surface area contributed by atoms with Crippen LogP contribution in [0.4, 0.5) is 5.82 Å². The summed E-state index contributed by atoms with van der Waals surface area (Å²) in [5.74, 6) is 1.51. The minimum absolute atomic E-state index is 0.187. The molecular weight excluding hydrogens is 452 g/mol. The molecule has 4 aromatic heterocycles. The van der Waals surface area contributed by atoms with Crippen molar-refractivity contribution in [2.24, 2.45) is 0 Å². The van der Waals surface area contributed by atoms with E-state index in [0.717, 1.165) is 60.0 Å². The van der Waals surface area contributed by atoms with Crippen molar-refractivity contribution in [3.05, 3.63) is 41.0 Å². The van der Waals surface area contributed by atoms with Gasteiger partial charge in [0.05, 0.1) is 24.0 Å². The third-order valence-electron chi connectivity index (χ3n) is 7.45. The van der Waals surface area contributed by atoms with Gasteiger partial charge < -0.3 is 19.7 Å². The van der Waals surface area contributed by atoms with Gasteiger partial charge >= 0.3 is 0 Å². The number of likely N-dealkylation sites (N-methyl/N-ethyl adjacent to an activating group) is 1. The highest BCUT2D eigenvalue weighted by Crippen LogP contribution is 2.40. The SMILES string of the molecule is Cc1c(-c2[nH]c3cnc(N4CCN(C(=O)CN(C)C)CC4)c(C)c3c2C(C)C)cn2ncnc2c1C. The van der Waals surface area contributed by atoms with Gasteiger partial charge in [0.1, 0.15) is 12.1 Å². The molecule has 0 atom stereocenters. The van der Waals surface area contributed by atoms with Crippen LogP contribution >= 0.6 is 0 Å². The van der Waals surface area contributed by atoms with E-state index in [1.54, 1.807) is 6.33 Å². The first-order valence-electron chi connectivity index (χ1n) is 12.7. The van der Waals surface area contributed by atoms with Gasteiger partial charge in [-0.25, -0.2) is 14.5 Å². The molecular formula is C27H36N8O. The normalized spacial score (nSPS) is 14.7. The number of carbonyl (C=O) groups excluding carboxylic acids is 1. The lowest BCUT2D eigenvalue weighted by molar-refractivity contribution is -0.132. The van der Waals surface area contributed by atoms with Gasteiger partial charge in [0.2, 0.25) is 5.91 Å². The maximum Gasteiger partial charge on any atom is 0.236 e. The molecule has 0 bridgehead atoms. The van der Waals surface area contributed by atoms with Crippen molar-refractivity contribution in [2.45, 2.75) is 40.5 Å². The number of carbonyl (C=O) groups is 1. The summed E-state index contributed by atoms with van der Waals surface area (Å²) in [7, 11) is 3.86. The summed E-state index contributed by atoms with van der Waals surface area (Å²) >= 11 is 0. The van der Waals surface area contributed by atoms with Crippen LogP contribution in [-0.4, -0.2) is 87.1 Å². The number of nitrogens with zero attached hydrogens (tertiary/aromatic N) is 7. The van der Waals surface area contributed by atoms with Gasteiger partial charge in [-0.2, -0.15) is 5.10 Å². The molecule has 5 heterocycles. The molecule has 1 aliphatic rings. The van der Waals surface area contributed by atoms with E-state index >= 15 is 0 Å². The largest absolute Gasteiger partial charge is 0.353 e. The highest BCUT2D eigenvalue weighted by atomic mass is 16.2. The molecule has 1 amide bonds. The Morgan fingerprint density at radius 2 is 1.78 bits per heavy atom. The molecule has 0 spiro atoms. The summed E-state index contributed by atoms with van der Waals surface area (Å²) in [5.41, 5.74) is 9.02. The van der Waals surface area contributed by atoms with Crippen molar-refractivity contribution in [3.8, 4) is 11.3 Å². The quantitative estimate of drug-likeness (QED) is 0.463. The third kappa shape index (κ3) is 4.01. The van der Waals surface area contributed by atoms with Crippen molar-refractivity contribution in [1.29, 1.82) is 0 Å². The smallest absolute Gasteiger partial charge is 0.236 e. The number of piperazine rings is 1. The Kier molecular flexibility index (Phi) is 6.20. The van der Waals surface area contributed by atoms with Gasteiger partial charge in [-0.15, -0.1) is 0 Å². The lowest BCUT2D eigenvalue weighted by atomic mass is 9.92. The first-order chi connectivity index (χ1) is 17.2. The summed E-state index contributed by atoms with van der Waals surface area (Å²) in [6, 6.07) is 0. The van der Waals surface area contributed by atoms with E-state index in [1.165, 1.54) is 22.1 Å². The molecule has 0 radical (unpaired) electrons. The van der Waals surface area contributed by atoms with Crippen molar-refractivity contribution in [3.63, 3.8) is 0 Å². The van der Waals surface area contributed by atoms with Crippen LogP contribution in [0.15, 0.2) is 18.7 Å². The molecule has 0 unspecified atom stereocenters. The zero-order valence-electron chi connectivity index (χ0n) is 22.4. The minimum Gasteiger partial charge on any atom is -0.353 e. The molecule has 0 saturated carbocycles. The molecule has 36 heavy (non-hydrogen) atoms. The van der Waals surface area contributed by atoms with Gasteiger partial charge in [0, 0.05) is 48.9 Å². The first kappa shape index (κ1) is 24.2. The average Bonchev–Trinajstić information content (AvgIpc) is 3.46. The third-order valence-corrected chi connectivity index (χ3v) is 7.45. The first-order valence-corrected chi connectivity index (χ1v) is 12.7. The van der Waals surface area contributed by atoms with Crippen molar-refractivity contribution < 1.29 is 4.79 Å². The fraction of sp³-hybridized carbons (Fsp3) is 0.481. The number of amides is 1. The fourth-order valence-electron chi connectivity index (χ4n) is 5.47. The highest BCUT2D eigenvalue weighted by Gasteiger charge is 2.26. The van der Waals surface area contributed by atoms with Gasteiger partial charge in [-0.05, 0) is 57.5 Å². The summed E-state index contributed by atoms with van der Waals surface area (Å²) in [4.78, 5) is 31.7. The Morgan fingerprint density at radius 1 is 1.06 bits per heavy atom. The summed E-state index contributed by atoms with van der Waals surface area (Å²) in [6.45, 7) is 14.4. The highest BCUT2D eigenvalue weighted by molar-refractivity contribution is 5.96. The number of hydrogen-bond acceptors (Lipinski definition) is 6. The van der Waals surface area contributed by atoms with Crippen LogP contribution in [0.25, 0.3) is 27.8 Å². The Balaban J connectivity index is 1.55. The molecule has 0 aliphatic carbocycles. The second kappa shape index (κ2) is 9.20. The van der Waals surface area contributed by atoms with E-state index in [1.807, 2.05) is 34.6 Å². The molecule has 1 N–H and O–H groups in total. The molecule has 4 aromatic rings. The molecule has 9 nitrogen and oxygen atoms in total. The molecule has 1 aliphatic heterocycles. The molecule has 0 aromatic carbocycles. The van der Waals surface area contributed by atoms with Crippen molar-refractivity contribution in [2.75, 3.05) is 51.7 Å². The number of hydrogen-bond donors (Lipinski definition) is 1. The van der Waals surface area contributed by atoms with E-state index in [-0.39, 0.29) is 5.91 Å². The predicted octanol–water partition coefficient (Wildman–Crippen LogP) is 3.53. The predicted molar refractivity (Wildman–Crippen MR) is 144 cm³/mol. The Labute approximate surface area is 212 Å². The minimum atomic E-state index is 0.187. The Bertz CT molecular complexity index is 1440. The van der Waals surface area contributed by atoms with E-state index < -0.39 is 0 Å². The maximum atomic E-state index is 12.5. The number of pyridine rings is 2. The van der Waals surface area contributed by atoms with Crippen LogP contribution in [0.1, 0.15) is 42.0 Å². The van der Waals surface area contributed by atoms with E-state index in [0.29, 0.717) is 12.5 Å². The monoisotopic (exact) mass is 488 g/mol. The number of aromatic amines is 1. The van der Waals surface area contributed by atoms with Gasteiger partial charge in [-0.1, -0.05) is 13.8 Å². The number of H-pyrrole nitrogens is 1. The van der Waals surface area contributed by atoms with Crippen LogP contribution in [0.5, 0.6) is 0 Å². The lowest BCUT2D eigenvalue weighted by Crippen LogP contribution is -2.51. The second-order valence-corrected chi connectivity index (χ2v) is 10.5. The van der Waals surface area contributed by atoms with E-state index in [2.05, 4.69) is 60.8 Å². The van der Waals surface area contributed by atoms with Crippen LogP contribution in [0.3, 0.4) is 0 Å². The average molecular weight is 489 g/mol. The van der Waals surface area contributed by atoms with Crippen LogP contribution < -0.4 is 4.90 Å². The number of nitrogens with one attached hydrogen (secondary N) is 1. The van der Waals surface area contributed by atoms with E-state index in [9.17, 15) is 4.79 Å². The van der Waals surface area contributed by atoms with E-state index in [4.69, 9.17) is 4.98 Å². The topological polar surface area (TPSA) is 85.7 Å². The van der Waals surface area contributed by atoms with Gasteiger partial charge in [0.15, 0.2) is 5.65 Å².